The Bertz CT molecular complexity index is 542. The topological polar surface area (TPSA) is 86.7 Å². The molecule has 0 aliphatic rings. The van der Waals surface area contributed by atoms with E-state index in [9.17, 15) is 13.2 Å². The van der Waals surface area contributed by atoms with Gasteiger partial charge < -0.3 is 5.11 Å². The van der Waals surface area contributed by atoms with E-state index < -0.39 is 16.2 Å². The minimum absolute atomic E-state index is 0.0383. The van der Waals surface area contributed by atoms with Gasteiger partial charge in [0.25, 0.3) is 0 Å². The number of benzene rings is 1. The first-order chi connectivity index (χ1) is 8.86. The summed E-state index contributed by atoms with van der Waals surface area (Å²) in [5, 5.41) is 8.85. The van der Waals surface area contributed by atoms with Gasteiger partial charge in [0.05, 0.1) is 11.3 Å². The molecule has 1 aromatic rings. The van der Waals surface area contributed by atoms with Gasteiger partial charge in [-0.15, -0.1) is 0 Å². The summed E-state index contributed by atoms with van der Waals surface area (Å²) in [5.74, 6) is -1.10. The zero-order valence-electron chi connectivity index (χ0n) is 11.0. The fourth-order valence-corrected chi connectivity index (χ4v) is 2.39. The normalized spacial score (nSPS) is 11.5. The maximum absolute atomic E-state index is 12.0. The molecule has 0 bridgehead atoms. The number of anilines is 1. The highest BCUT2D eigenvalue weighted by Gasteiger charge is 2.17. The molecule has 0 fully saturated rings. The summed E-state index contributed by atoms with van der Waals surface area (Å²) >= 11 is 0. The molecule has 106 valence electrons. The third-order valence-electron chi connectivity index (χ3n) is 2.59. The first-order valence-electron chi connectivity index (χ1n) is 5.94. The molecule has 7 heteroatoms. The molecule has 0 unspecified atom stereocenters. The molecule has 0 saturated heterocycles. The van der Waals surface area contributed by atoms with E-state index in [-0.39, 0.29) is 11.3 Å². The minimum Gasteiger partial charge on any atom is -0.478 e. The van der Waals surface area contributed by atoms with Crippen LogP contribution in [-0.2, 0) is 10.2 Å². The zero-order chi connectivity index (χ0) is 14.5. The maximum atomic E-state index is 12.0. The Hall–Kier alpha value is -1.60. The number of hydrogen-bond acceptors (Lipinski definition) is 3. The zero-order valence-corrected chi connectivity index (χ0v) is 11.8. The molecular weight excluding hydrogens is 268 g/mol. The van der Waals surface area contributed by atoms with Crippen LogP contribution in [0.15, 0.2) is 24.3 Å². The van der Waals surface area contributed by atoms with Gasteiger partial charge in [0.1, 0.15) is 0 Å². The Morgan fingerprint density at radius 2 is 2.11 bits per heavy atom. The molecular formula is C12H18N2O4S. The number of carboxylic acid groups (broad SMARTS) is 1. The number of nitrogens with one attached hydrogen (secondary N) is 1. The van der Waals surface area contributed by atoms with Gasteiger partial charge in [-0.3, -0.25) is 4.72 Å². The van der Waals surface area contributed by atoms with Crippen molar-refractivity contribution in [3.8, 4) is 0 Å². The lowest BCUT2D eigenvalue weighted by molar-refractivity contribution is 0.0697. The van der Waals surface area contributed by atoms with Crippen LogP contribution in [0.25, 0.3) is 0 Å². The fourth-order valence-electron chi connectivity index (χ4n) is 1.44. The Balaban J connectivity index is 2.83. The summed E-state index contributed by atoms with van der Waals surface area (Å²) in [6, 6.07) is 5.69. The van der Waals surface area contributed by atoms with E-state index in [0.717, 1.165) is 12.8 Å². The predicted molar refractivity (Wildman–Crippen MR) is 73.5 cm³/mol. The number of nitrogens with zero attached hydrogens (tertiary/aromatic N) is 1. The summed E-state index contributed by atoms with van der Waals surface area (Å²) in [6.45, 7) is 2.40. The number of aromatic carboxylic acids is 1. The molecule has 0 aromatic heterocycles. The lowest BCUT2D eigenvalue weighted by atomic mass is 10.2. The van der Waals surface area contributed by atoms with Crippen LogP contribution in [-0.4, -0.2) is 37.4 Å². The molecule has 0 saturated carbocycles. The van der Waals surface area contributed by atoms with Crippen molar-refractivity contribution in [1.29, 1.82) is 0 Å². The average Bonchev–Trinajstić information content (AvgIpc) is 2.35. The summed E-state index contributed by atoms with van der Waals surface area (Å²) in [7, 11) is -2.15. The van der Waals surface area contributed by atoms with Crippen molar-refractivity contribution in [3.63, 3.8) is 0 Å². The summed E-state index contributed by atoms with van der Waals surface area (Å²) in [4.78, 5) is 10.8. The molecule has 0 amide bonds. The average molecular weight is 286 g/mol. The van der Waals surface area contributed by atoms with Gasteiger partial charge in [-0.05, 0) is 24.6 Å². The maximum Gasteiger partial charge on any atom is 0.335 e. The molecule has 6 nitrogen and oxygen atoms in total. The summed E-state index contributed by atoms with van der Waals surface area (Å²) < 4.78 is 27.5. The van der Waals surface area contributed by atoms with Crippen LogP contribution in [0, 0.1) is 0 Å². The number of hydrogen-bond donors (Lipinski definition) is 2. The van der Waals surface area contributed by atoms with E-state index in [1.54, 1.807) is 0 Å². The van der Waals surface area contributed by atoms with Gasteiger partial charge in [-0.25, -0.2) is 4.79 Å². The molecule has 0 aliphatic carbocycles. The van der Waals surface area contributed by atoms with Crippen LogP contribution in [0.5, 0.6) is 0 Å². The van der Waals surface area contributed by atoms with Gasteiger partial charge in [0, 0.05) is 13.6 Å². The Morgan fingerprint density at radius 3 is 2.68 bits per heavy atom. The van der Waals surface area contributed by atoms with Crippen molar-refractivity contribution < 1.29 is 18.3 Å². The number of rotatable bonds is 7. The summed E-state index contributed by atoms with van der Waals surface area (Å²) in [6.07, 6.45) is 1.67. The second-order valence-electron chi connectivity index (χ2n) is 4.17. The third-order valence-corrected chi connectivity index (χ3v) is 4.09. The molecule has 0 spiro atoms. The molecule has 0 radical (unpaired) electrons. The van der Waals surface area contributed by atoms with Gasteiger partial charge in [-0.1, -0.05) is 19.4 Å². The van der Waals surface area contributed by atoms with Gasteiger partial charge in [0.15, 0.2) is 0 Å². The van der Waals surface area contributed by atoms with Gasteiger partial charge in [0.2, 0.25) is 0 Å². The highest BCUT2D eigenvalue weighted by molar-refractivity contribution is 7.90. The SMILES string of the molecule is CCCCN(C)S(=O)(=O)Nc1cccc(C(=O)O)c1. The van der Waals surface area contributed by atoms with Crippen molar-refractivity contribution in [1.82, 2.24) is 4.31 Å². The van der Waals surface area contributed by atoms with Crippen LogP contribution in [0.2, 0.25) is 0 Å². The van der Waals surface area contributed by atoms with E-state index in [0.29, 0.717) is 6.54 Å². The molecule has 0 aliphatic heterocycles. The highest BCUT2D eigenvalue weighted by atomic mass is 32.2. The third kappa shape index (κ3) is 4.53. The monoisotopic (exact) mass is 286 g/mol. The molecule has 19 heavy (non-hydrogen) atoms. The minimum atomic E-state index is -3.64. The fraction of sp³-hybridized carbons (Fsp3) is 0.417. The van der Waals surface area contributed by atoms with Crippen molar-refractivity contribution in [2.45, 2.75) is 19.8 Å². The van der Waals surface area contributed by atoms with Gasteiger partial charge >= 0.3 is 16.2 Å². The highest BCUT2D eigenvalue weighted by Crippen LogP contribution is 2.14. The van der Waals surface area contributed by atoms with Crippen molar-refractivity contribution in [2.75, 3.05) is 18.3 Å². The van der Waals surface area contributed by atoms with E-state index >= 15 is 0 Å². The van der Waals surface area contributed by atoms with Crippen molar-refractivity contribution in [3.05, 3.63) is 29.8 Å². The molecule has 0 heterocycles. The summed E-state index contributed by atoms with van der Waals surface area (Å²) in [5.41, 5.74) is 0.277. The van der Waals surface area contributed by atoms with Crippen LogP contribution in [0.1, 0.15) is 30.1 Å². The Morgan fingerprint density at radius 1 is 1.42 bits per heavy atom. The first kappa shape index (κ1) is 15.5. The van der Waals surface area contributed by atoms with Crippen LogP contribution in [0.4, 0.5) is 5.69 Å². The standard InChI is InChI=1S/C12H18N2O4S/c1-3-4-8-14(2)19(17,18)13-11-7-5-6-10(9-11)12(15)16/h5-7,9,13H,3-4,8H2,1-2H3,(H,15,16). The number of carbonyl (C=O) groups is 1. The molecule has 1 aromatic carbocycles. The second kappa shape index (κ2) is 6.53. The van der Waals surface area contributed by atoms with E-state index in [2.05, 4.69) is 4.72 Å². The lowest BCUT2D eigenvalue weighted by Gasteiger charge is -2.18. The predicted octanol–water partition coefficient (Wildman–Crippen LogP) is 1.77. The Labute approximate surface area is 113 Å². The van der Waals surface area contributed by atoms with Crippen molar-refractivity contribution in [2.24, 2.45) is 0 Å². The smallest absolute Gasteiger partial charge is 0.335 e. The largest absolute Gasteiger partial charge is 0.478 e. The second-order valence-corrected chi connectivity index (χ2v) is 5.95. The van der Waals surface area contributed by atoms with E-state index in [4.69, 9.17) is 5.11 Å². The Kier molecular flexibility index (Phi) is 5.31. The van der Waals surface area contributed by atoms with Gasteiger partial charge in [-0.2, -0.15) is 12.7 Å². The number of unbranched alkanes of at least 4 members (excludes halogenated alkanes) is 1. The lowest BCUT2D eigenvalue weighted by Crippen LogP contribution is -2.33. The first-order valence-corrected chi connectivity index (χ1v) is 7.38. The molecule has 2 N–H and O–H groups in total. The van der Waals surface area contributed by atoms with Crippen molar-refractivity contribution >= 4 is 21.9 Å². The quantitative estimate of drug-likeness (QED) is 0.799. The van der Waals surface area contributed by atoms with E-state index in [1.807, 2.05) is 6.92 Å². The molecule has 1 rings (SSSR count). The van der Waals surface area contributed by atoms with Crippen LogP contribution < -0.4 is 4.72 Å². The van der Waals surface area contributed by atoms with Crippen LogP contribution >= 0.6 is 0 Å². The number of carboxylic acids is 1. The van der Waals surface area contributed by atoms with E-state index in [1.165, 1.54) is 35.6 Å². The molecule has 0 atom stereocenters. The van der Waals surface area contributed by atoms with Crippen LogP contribution in [0.3, 0.4) is 0 Å².